The zero-order chi connectivity index (χ0) is 17.5. The van der Waals surface area contributed by atoms with Crippen molar-refractivity contribution in [3.63, 3.8) is 0 Å². The fourth-order valence-corrected chi connectivity index (χ4v) is 3.11. The average molecular weight is 358 g/mol. The van der Waals surface area contributed by atoms with Crippen molar-refractivity contribution >= 4 is 22.9 Å². The molecule has 1 amide bonds. The Kier molecular flexibility index (Phi) is 4.12. The molecule has 0 bridgehead atoms. The Morgan fingerprint density at radius 3 is 2.88 bits per heavy atom. The van der Waals surface area contributed by atoms with Gasteiger partial charge in [-0.3, -0.25) is 9.69 Å². The number of hydrogen-bond acceptors (Lipinski definition) is 5. The summed E-state index contributed by atoms with van der Waals surface area (Å²) in [5, 5.41) is 0. The molecule has 128 valence electrons. The lowest BCUT2D eigenvalue weighted by atomic mass is 10.1. The maximum atomic E-state index is 13.1. The normalized spacial score (nSPS) is 17.2. The predicted octanol–water partition coefficient (Wildman–Crippen LogP) is 3.60. The van der Waals surface area contributed by atoms with Crippen molar-refractivity contribution in [1.82, 2.24) is 4.98 Å². The van der Waals surface area contributed by atoms with Crippen LogP contribution in [0.25, 0.3) is 0 Å². The molecule has 9 heteroatoms. The van der Waals surface area contributed by atoms with E-state index in [1.165, 1.54) is 12.0 Å². The van der Waals surface area contributed by atoms with Gasteiger partial charge in [0.15, 0.2) is 5.69 Å². The van der Waals surface area contributed by atoms with Gasteiger partial charge in [0, 0.05) is 6.07 Å². The van der Waals surface area contributed by atoms with E-state index in [9.17, 15) is 18.0 Å². The first-order valence-electron chi connectivity index (χ1n) is 6.98. The summed E-state index contributed by atoms with van der Waals surface area (Å²) in [5.41, 5.74) is 0.779. The Bertz CT molecular complexity index is 776. The largest absolute Gasteiger partial charge is 0.497 e. The molecular formula is C15H13F3N2O3S. The van der Waals surface area contributed by atoms with E-state index < -0.39 is 22.7 Å². The average Bonchev–Trinajstić information content (AvgIpc) is 3.02. The van der Waals surface area contributed by atoms with E-state index >= 15 is 0 Å². The number of anilines is 1. The van der Waals surface area contributed by atoms with Crippen molar-refractivity contribution in [3.05, 3.63) is 34.3 Å². The van der Waals surface area contributed by atoms with Crippen LogP contribution >= 0.6 is 11.3 Å². The zero-order valence-corrected chi connectivity index (χ0v) is 13.6. The quantitative estimate of drug-likeness (QED) is 0.823. The van der Waals surface area contributed by atoms with Crippen molar-refractivity contribution in [2.24, 2.45) is 0 Å². The molecule has 1 aliphatic heterocycles. The predicted molar refractivity (Wildman–Crippen MR) is 81.9 cm³/mol. The fraction of sp³-hybridized carbons (Fsp3) is 0.333. The zero-order valence-electron chi connectivity index (χ0n) is 12.8. The highest BCUT2D eigenvalue weighted by Gasteiger charge is 2.40. The second-order valence-corrected chi connectivity index (χ2v) is 6.06. The molecule has 2 aromatic rings. The van der Waals surface area contributed by atoms with Gasteiger partial charge in [-0.2, -0.15) is 13.2 Å². The lowest BCUT2D eigenvalue weighted by Crippen LogP contribution is -2.43. The lowest BCUT2D eigenvalue weighted by molar-refractivity contribution is -0.134. The Morgan fingerprint density at radius 1 is 1.46 bits per heavy atom. The molecule has 1 aromatic heterocycles. The molecule has 0 aliphatic carbocycles. The lowest BCUT2D eigenvalue weighted by Gasteiger charge is -2.33. The van der Waals surface area contributed by atoms with Crippen molar-refractivity contribution in [3.8, 4) is 11.5 Å². The molecule has 5 nitrogen and oxygen atoms in total. The summed E-state index contributed by atoms with van der Waals surface area (Å²) in [6, 6.07) is 4.83. The van der Waals surface area contributed by atoms with E-state index in [1.807, 2.05) is 0 Å². The van der Waals surface area contributed by atoms with Crippen LogP contribution in [-0.4, -0.2) is 30.6 Å². The van der Waals surface area contributed by atoms with E-state index in [4.69, 9.17) is 9.47 Å². The minimum atomic E-state index is -4.62. The molecule has 0 radical (unpaired) electrons. The summed E-state index contributed by atoms with van der Waals surface area (Å²) in [7, 11) is 1.46. The first kappa shape index (κ1) is 16.6. The summed E-state index contributed by atoms with van der Waals surface area (Å²) >= 11 is 0.399. The number of halogens is 3. The molecule has 3 rings (SSSR count). The molecule has 1 unspecified atom stereocenters. The molecule has 1 atom stereocenters. The first-order chi connectivity index (χ1) is 11.3. The molecule has 24 heavy (non-hydrogen) atoms. The number of methoxy groups -OCH3 is 1. The van der Waals surface area contributed by atoms with E-state index in [-0.39, 0.29) is 12.6 Å². The minimum absolute atomic E-state index is 0.119. The van der Waals surface area contributed by atoms with Crippen LogP contribution in [0.2, 0.25) is 0 Å². The molecule has 2 heterocycles. The maximum absolute atomic E-state index is 13.1. The van der Waals surface area contributed by atoms with Gasteiger partial charge < -0.3 is 9.47 Å². The van der Waals surface area contributed by atoms with Crippen LogP contribution in [-0.2, 0) is 6.18 Å². The smallest absolute Gasteiger partial charge is 0.427 e. The minimum Gasteiger partial charge on any atom is -0.497 e. The summed E-state index contributed by atoms with van der Waals surface area (Å²) in [6.45, 7) is 1.85. The van der Waals surface area contributed by atoms with E-state index in [0.29, 0.717) is 28.5 Å². The monoisotopic (exact) mass is 358 g/mol. The Labute approximate surface area is 139 Å². The van der Waals surface area contributed by atoms with Crippen molar-refractivity contribution in [2.45, 2.75) is 19.2 Å². The maximum Gasteiger partial charge on any atom is 0.427 e. The van der Waals surface area contributed by atoms with Gasteiger partial charge in [-0.05, 0) is 19.1 Å². The number of hydrogen-bond donors (Lipinski definition) is 0. The van der Waals surface area contributed by atoms with Gasteiger partial charge in [0.05, 0.1) is 24.9 Å². The third-order valence-corrected chi connectivity index (χ3v) is 4.37. The van der Waals surface area contributed by atoms with Gasteiger partial charge in [0.2, 0.25) is 0 Å². The number of carbonyl (C=O) groups is 1. The molecule has 1 aromatic carbocycles. The second kappa shape index (κ2) is 5.97. The molecular weight excluding hydrogens is 345 g/mol. The molecule has 1 aliphatic rings. The molecule has 0 saturated heterocycles. The van der Waals surface area contributed by atoms with Crippen LogP contribution in [0.4, 0.5) is 18.9 Å². The van der Waals surface area contributed by atoms with Crippen molar-refractivity contribution in [1.29, 1.82) is 0 Å². The number of benzene rings is 1. The van der Waals surface area contributed by atoms with Crippen molar-refractivity contribution in [2.75, 3.05) is 18.6 Å². The summed E-state index contributed by atoms with van der Waals surface area (Å²) < 4.78 is 49.9. The topological polar surface area (TPSA) is 51.7 Å². The Morgan fingerprint density at radius 2 is 2.21 bits per heavy atom. The van der Waals surface area contributed by atoms with E-state index in [2.05, 4.69) is 4.98 Å². The number of carbonyl (C=O) groups excluding carboxylic acids is 1. The van der Waals surface area contributed by atoms with Gasteiger partial charge in [0.25, 0.3) is 5.91 Å². The van der Waals surface area contributed by atoms with Crippen LogP contribution in [0.5, 0.6) is 11.5 Å². The van der Waals surface area contributed by atoms with E-state index in [0.717, 1.165) is 5.51 Å². The van der Waals surface area contributed by atoms with Gasteiger partial charge in [-0.1, -0.05) is 0 Å². The van der Waals surface area contributed by atoms with Crippen LogP contribution in [0, 0.1) is 0 Å². The highest BCUT2D eigenvalue weighted by Crippen LogP contribution is 2.39. The standard InChI is InChI=1S/C15H13F3N2O3S/c1-8-6-20(10-5-9(22-2)3-4-11(10)23-8)14(21)12-13(15(16,17)18)24-7-19-12/h3-5,7-8H,6H2,1-2H3. The first-order valence-corrected chi connectivity index (χ1v) is 7.86. The summed E-state index contributed by atoms with van der Waals surface area (Å²) in [6.07, 6.45) is -4.98. The SMILES string of the molecule is COc1ccc2c(c1)N(C(=O)c1ncsc1C(F)(F)F)CC(C)O2. The summed E-state index contributed by atoms with van der Waals surface area (Å²) in [4.78, 5) is 16.6. The summed E-state index contributed by atoms with van der Waals surface area (Å²) in [5.74, 6) is 0.0685. The number of amides is 1. The highest BCUT2D eigenvalue weighted by atomic mass is 32.1. The van der Waals surface area contributed by atoms with Gasteiger partial charge in [-0.25, -0.2) is 4.98 Å². The number of thiazole rings is 1. The van der Waals surface area contributed by atoms with E-state index in [1.54, 1.807) is 25.1 Å². The number of alkyl halides is 3. The van der Waals surface area contributed by atoms with Crippen LogP contribution in [0.15, 0.2) is 23.7 Å². The van der Waals surface area contributed by atoms with Crippen LogP contribution in [0.1, 0.15) is 22.3 Å². The van der Waals surface area contributed by atoms with Gasteiger partial charge >= 0.3 is 6.18 Å². The number of ether oxygens (including phenoxy) is 2. The van der Waals surface area contributed by atoms with Crippen LogP contribution < -0.4 is 14.4 Å². The van der Waals surface area contributed by atoms with Crippen LogP contribution in [0.3, 0.4) is 0 Å². The number of fused-ring (bicyclic) bond motifs is 1. The fourth-order valence-electron chi connectivity index (χ4n) is 2.46. The highest BCUT2D eigenvalue weighted by molar-refractivity contribution is 7.10. The Balaban J connectivity index is 2.04. The van der Waals surface area contributed by atoms with Gasteiger partial charge in [-0.15, -0.1) is 11.3 Å². The van der Waals surface area contributed by atoms with Gasteiger partial charge in [0.1, 0.15) is 22.5 Å². The molecule has 0 spiro atoms. The second-order valence-electron chi connectivity index (χ2n) is 5.21. The number of aromatic nitrogens is 1. The third kappa shape index (κ3) is 2.91. The number of nitrogens with zero attached hydrogens (tertiary/aromatic N) is 2. The van der Waals surface area contributed by atoms with Crippen molar-refractivity contribution < 1.29 is 27.4 Å². The molecule has 0 fully saturated rings. The molecule has 0 saturated carbocycles. The number of rotatable bonds is 2. The molecule has 0 N–H and O–H groups in total. The third-order valence-electron chi connectivity index (χ3n) is 3.50. The Hall–Kier alpha value is -2.29.